The minimum Gasteiger partial charge on any atom is -0.507 e. The third-order valence-corrected chi connectivity index (χ3v) is 4.18. The van der Waals surface area contributed by atoms with E-state index in [1.54, 1.807) is 24.3 Å². The maximum Gasteiger partial charge on any atom is 0.344 e. The first-order valence-corrected chi connectivity index (χ1v) is 8.57. The molecule has 0 aliphatic heterocycles. The van der Waals surface area contributed by atoms with Gasteiger partial charge >= 0.3 is 11.6 Å². The van der Waals surface area contributed by atoms with Gasteiger partial charge < -0.3 is 14.3 Å². The highest BCUT2D eigenvalue weighted by atomic mass is 16.5. The van der Waals surface area contributed by atoms with Crippen LogP contribution < -0.4 is 5.63 Å². The third kappa shape index (κ3) is 3.61. The van der Waals surface area contributed by atoms with Gasteiger partial charge in [0, 0.05) is 0 Å². The molecule has 0 saturated heterocycles. The smallest absolute Gasteiger partial charge is 0.344 e. The summed E-state index contributed by atoms with van der Waals surface area (Å²) in [5.74, 6) is -1.72. The van der Waals surface area contributed by atoms with Crippen LogP contribution in [-0.2, 0) is 16.0 Å². The second-order valence-corrected chi connectivity index (χ2v) is 6.06. The van der Waals surface area contributed by atoms with E-state index in [4.69, 9.17) is 9.15 Å². The largest absolute Gasteiger partial charge is 0.507 e. The number of ether oxygens (including phenoxy) is 1. The fourth-order valence-electron chi connectivity index (χ4n) is 2.91. The van der Waals surface area contributed by atoms with Gasteiger partial charge in [0.2, 0.25) is 0 Å². The van der Waals surface area contributed by atoms with E-state index in [9.17, 15) is 14.7 Å². The van der Waals surface area contributed by atoms with E-state index in [1.807, 2.05) is 37.3 Å². The van der Waals surface area contributed by atoms with Crippen molar-refractivity contribution in [3.05, 3.63) is 76.1 Å². The average Bonchev–Trinajstić information content (AvgIpc) is 2.66. The Labute approximate surface area is 150 Å². The molecule has 0 saturated carbocycles. The van der Waals surface area contributed by atoms with Gasteiger partial charge in [0.25, 0.3) is 0 Å². The summed E-state index contributed by atoms with van der Waals surface area (Å²) in [5, 5.41) is 11.1. The Hall–Kier alpha value is -3.08. The standard InChI is InChI=1S/C21H20O5/c1-2-12-25-20(23)16(13-14-8-4-3-5-9-14)18-19(22)15-10-6-7-11-17(15)26-21(18)24/h3-11,16,22H,2,12-13H2,1H3. The maximum atomic E-state index is 12.6. The highest BCUT2D eigenvalue weighted by molar-refractivity contribution is 5.87. The predicted octanol–water partition coefficient (Wildman–Crippen LogP) is 3.78. The molecule has 1 aromatic heterocycles. The molecule has 1 heterocycles. The van der Waals surface area contributed by atoms with Crippen LogP contribution in [0.3, 0.4) is 0 Å². The van der Waals surface area contributed by atoms with E-state index in [2.05, 4.69) is 0 Å². The molecule has 3 rings (SSSR count). The first-order chi connectivity index (χ1) is 12.6. The van der Waals surface area contributed by atoms with Gasteiger partial charge in [-0.25, -0.2) is 4.79 Å². The minimum atomic E-state index is -0.940. The Kier molecular flexibility index (Phi) is 5.37. The summed E-state index contributed by atoms with van der Waals surface area (Å²) in [6, 6.07) is 16.0. The summed E-state index contributed by atoms with van der Waals surface area (Å²) in [5.41, 5.74) is 0.348. The second kappa shape index (κ2) is 7.87. The average molecular weight is 352 g/mol. The monoisotopic (exact) mass is 352 g/mol. The molecular formula is C21H20O5. The number of aromatic hydroxyl groups is 1. The Morgan fingerprint density at radius 2 is 1.81 bits per heavy atom. The molecule has 134 valence electrons. The van der Waals surface area contributed by atoms with Gasteiger partial charge in [0.05, 0.1) is 23.5 Å². The van der Waals surface area contributed by atoms with Crippen LogP contribution in [0.5, 0.6) is 5.75 Å². The van der Waals surface area contributed by atoms with Gasteiger partial charge in [-0.15, -0.1) is 0 Å². The van der Waals surface area contributed by atoms with Gasteiger partial charge in [0.1, 0.15) is 11.3 Å². The predicted molar refractivity (Wildman–Crippen MR) is 98.3 cm³/mol. The topological polar surface area (TPSA) is 76.7 Å². The maximum absolute atomic E-state index is 12.6. The lowest BCUT2D eigenvalue weighted by Gasteiger charge is -2.17. The van der Waals surface area contributed by atoms with Crippen molar-refractivity contribution in [3.63, 3.8) is 0 Å². The van der Waals surface area contributed by atoms with Gasteiger partial charge in [-0.2, -0.15) is 0 Å². The lowest BCUT2D eigenvalue weighted by Crippen LogP contribution is -2.24. The number of carbonyl (C=O) groups is 1. The molecule has 0 radical (unpaired) electrons. The number of esters is 1. The van der Waals surface area contributed by atoms with E-state index >= 15 is 0 Å². The molecule has 1 atom stereocenters. The summed E-state index contributed by atoms with van der Waals surface area (Å²) in [4.78, 5) is 25.2. The molecule has 0 amide bonds. The molecule has 0 aliphatic rings. The molecule has 0 aliphatic carbocycles. The van der Waals surface area contributed by atoms with Crippen LogP contribution in [0.2, 0.25) is 0 Å². The lowest BCUT2D eigenvalue weighted by molar-refractivity contribution is -0.145. The van der Waals surface area contributed by atoms with Crippen LogP contribution in [0.1, 0.15) is 30.4 Å². The number of para-hydroxylation sites is 1. The van der Waals surface area contributed by atoms with Crippen LogP contribution in [-0.4, -0.2) is 17.7 Å². The van der Waals surface area contributed by atoms with Crippen LogP contribution in [0.25, 0.3) is 11.0 Å². The second-order valence-electron chi connectivity index (χ2n) is 6.06. The van der Waals surface area contributed by atoms with Crippen molar-refractivity contribution >= 4 is 16.9 Å². The van der Waals surface area contributed by atoms with Crippen molar-refractivity contribution in [1.29, 1.82) is 0 Å². The normalized spacial score (nSPS) is 12.0. The van der Waals surface area contributed by atoms with E-state index < -0.39 is 17.5 Å². The molecule has 1 unspecified atom stereocenters. The number of fused-ring (bicyclic) bond motifs is 1. The molecule has 0 fully saturated rings. The van der Waals surface area contributed by atoms with Crippen molar-refractivity contribution in [2.24, 2.45) is 0 Å². The molecule has 26 heavy (non-hydrogen) atoms. The van der Waals surface area contributed by atoms with Gasteiger partial charge in [-0.3, -0.25) is 4.79 Å². The molecule has 0 spiro atoms. The van der Waals surface area contributed by atoms with Gasteiger partial charge in [0.15, 0.2) is 0 Å². The van der Waals surface area contributed by atoms with Crippen LogP contribution in [0.4, 0.5) is 0 Å². The Morgan fingerprint density at radius 1 is 1.12 bits per heavy atom. The molecule has 3 aromatic rings. The quantitative estimate of drug-likeness (QED) is 0.540. The first kappa shape index (κ1) is 17.7. The Morgan fingerprint density at radius 3 is 2.54 bits per heavy atom. The van der Waals surface area contributed by atoms with Crippen molar-refractivity contribution in [2.75, 3.05) is 6.61 Å². The molecule has 2 aromatic carbocycles. The van der Waals surface area contributed by atoms with E-state index in [0.29, 0.717) is 11.8 Å². The zero-order valence-corrected chi connectivity index (χ0v) is 14.5. The third-order valence-electron chi connectivity index (χ3n) is 4.18. The SMILES string of the molecule is CCCOC(=O)C(Cc1ccccc1)c1c(O)c2ccccc2oc1=O. The van der Waals surface area contributed by atoms with Crippen molar-refractivity contribution in [3.8, 4) is 5.75 Å². The molecular weight excluding hydrogens is 332 g/mol. The Bertz CT molecular complexity index is 959. The first-order valence-electron chi connectivity index (χ1n) is 8.57. The fraction of sp³-hybridized carbons (Fsp3) is 0.238. The number of rotatable bonds is 6. The molecule has 1 N–H and O–H groups in total. The van der Waals surface area contributed by atoms with Crippen molar-refractivity contribution in [1.82, 2.24) is 0 Å². The lowest BCUT2D eigenvalue weighted by atomic mass is 9.91. The van der Waals surface area contributed by atoms with E-state index in [1.165, 1.54) is 0 Å². The summed E-state index contributed by atoms with van der Waals surface area (Å²) < 4.78 is 10.6. The molecule has 5 nitrogen and oxygen atoms in total. The van der Waals surface area contributed by atoms with Crippen molar-refractivity contribution < 1.29 is 19.1 Å². The summed E-state index contributed by atoms with van der Waals surface area (Å²) in [7, 11) is 0. The molecule has 0 bridgehead atoms. The van der Waals surface area contributed by atoms with Crippen LogP contribution in [0, 0.1) is 0 Å². The van der Waals surface area contributed by atoms with E-state index in [-0.39, 0.29) is 29.9 Å². The zero-order chi connectivity index (χ0) is 18.5. The summed E-state index contributed by atoms with van der Waals surface area (Å²) >= 11 is 0. The number of carbonyl (C=O) groups excluding carboxylic acids is 1. The van der Waals surface area contributed by atoms with Crippen LogP contribution >= 0.6 is 0 Å². The summed E-state index contributed by atoms with van der Waals surface area (Å²) in [6.45, 7) is 2.14. The van der Waals surface area contributed by atoms with Gasteiger partial charge in [-0.1, -0.05) is 49.4 Å². The highest BCUT2D eigenvalue weighted by Crippen LogP contribution is 2.33. The van der Waals surface area contributed by atoms with Crippen LogP contribution in [0.15, 0.2) is 63.8 Å². The number of benzene rings is 2. The minimum absolute atomic E-state index is 0.0614. The Balaban J connectivity index is 2.10. The zero-order valence-electron chi connectivity index (χ0n) is 14.5. The highest BCUT2D eigenvalue weighted by Gasteiger charge is 2.30. The molecule has 5 heteroatoms. The fourth-order valence-corrected chi connectivity index (χ4v) is 2.91. The number of hydrogen-bond acceptors (Lipinski definition) is 5. The summed E-state index contributed by atoms with van der Waals surface area (Å²) in [6.07, 6.45) is 0.905. The number of hydrogen-bond donors (Lipinski definition) is 1. The van der Waals surface area contributed by atoms with Gasteiger partial charge in [-0.05, 0) is 30.5 Å². The van der Waals surface area contributed by atoms with Crippen molar-refractivity contribution in [2.45, 2.75) is 25.7 Å². The van der Waals surface area contributed by atoms with E-state index in [0.717, 1.165) is 5.56 Å².